The van der Waals surface area contributed by atoms with Crippen molar-refractivity contribution in [1.29, 1.82) is 0 Å². The maximum absolute atomic E-state index is 13.3. The molecule has 1 fully saturated rings. The van der Waals surface area contributed by atoms with Gasteiger partial charge in [-0.15, -0.1) is 0 Å². The summed E-state index contributed by atoms with van der Waals surface area (Å²) >= 11 is 3.51. The fourth-order valence-electron chi connectivity index (χ4n) is 3.31. The van der Waals surface area contributed by atoms with Crippen LogP contribution in [0.25, 0.3) is 0 Å². The summed E-state index contributed by atoms with van der Waals surface area (Å²) in [5, 5.41) is 3.53. The summed E-state index contributed by atoms with van der Waals surface area (Å²) < 4.78 is 19.2. The number of hydrogen-bond acceptors (Lipinski definition) is 2. The molecule has 0 bridgehead atoms. The van der Waals surface area contributed by atoms with Gasteiger partial charge in [0.1, 0.15) is 5.82 Å². The summed E-state index contributed by atoms with van der Waals surface area (Å²) in [5.41, 5.74) is 1.51. The summed E-state index contributed by atoms with van der Waals surface area (Å²) in [6, 6.07) is 5.06. The average Bonchev–Trinajstić information content (AvgIpc) is 2.48. The predicted octanol–water partition coefficient (Wildman–Crippen LogP) is 4.32. The van der Waals surface area contributed by atoms with Crippen LogP contribution in [0.5, 0.6) is 0 Å². The Balaban J connectivity index is 2.04. The summed E-state index contributed by atoms with van der Waals surface area (Å²) in [6.45, 7) is 2.65. The van der Waals surface area contributed by atoms with E-state index in [9.17, 15) is 4.39 Å². The topological polar surface area (TPSA) is 21.3 Å². The molecular weight excluding hydrogens is 333 g/mol. The molecule has 21 heavy (non-hydrogen) atoms. The standard InChI is InChI=1S/C17H25BrFNO/c1-21-10-9-20-13-17(7-3-2-4-8-17)12-14-5-6-15(19)11-16(14)18/h5-6,11,20H,2-4,7-10,12-13H2,1H3. The lowest BCUT2D eigenvalue weighted by molar-refractivity contribution is 0.162. The Hall–Kier alpha value is -0.450. The molecule has 1 aliphatic carbocycles. The lowest BCUT2D eigenvalue weighted by Crippen LogP contribution is -2.39. The molecule has 0 atom stereocenters. The van der Waals surface area contributed by atoms with E-state index in [-0.39, 0.29) is 5.82 Å². The lowest BCUT2D eigenvalue weighted by Gasteiger charge is -2.38. The highest BCUT2D eigenvalue weighted by Crippen LogP contribution is 2.40. The third kappa shape index (κ3) is 5.04. The molecule has 0 unspecified atom stereocenters. The molecule has 1 N–H and O–H groups in total. The van der Waals surface area contributed by atoms with E-state index in [0.717, 1.165) is 30.6 Å². The number of benzene rings is 1. The molecule has 1 saturated carbocycles. The van der Waals surface area contributed by atoms with Crippen LogP contribution in [0.4, 0.5) is 4.39 Å². The first-order valence-electron chi connectivity index (χ1n) is 7.79. The van der Waals surface area contributed by atoms with Gasteiger partial charge in [0.2, 0.25) is 0 Å². The monoisotopic (exact) mass is 357 g/mol. The van der Waals surface area contributed by atoms with Crippen LogP contribution in [0.15, 0.2) is 22.7 Å². The van der Waals surface area contributed by atoms with Crippen molar-refractivity contribution >= 4 is 15.9 Å². The molecule has 0 radical (unpaired) electrons. The first kappa shape index (κ1) is 16.9. The number of ether oxygens (including phenoxy) is 1. The first-order valence-corrected chi connectivity index (χ1v) is 8.58. The number of rotatable bonds is 7. The molecular formula is C17H25BrFNO. The maximum Gasteiger partial charge on any atom is 0.124 e. The highest BCUT2D eigenvalue weighted by Gasteiger charge is 2.32. The van der Waals surface area contributed by atoms with Crippen molar-refractivity contribution in [2.24, 2.45) is 5.41 Å². The van der Waals surface area contributed by atoms with E-state index in [1.165, 1.54) is 37.7 Å². The van der Waals surface area contributed by atoms with E-state index < -0.39 is 0 Å². The Morgan fingerprint density at radius 3 is 2.71 bits per heavy atom. The second-order valence-corrected chi connectivity index (χ2v) is 7.00. The Morgan fingerprint density at radius 1 is 1.29 bits per heavy atom. The van der Waals surface area contributed by atoms with Crippen LogP contribution in [0.3, 0.4) is 0 Å². The lowest BCUT2D eigenvalue weighted by atomic mass is 9.70. The summed E-state index contributed by atoms with van der Waals surface area (Å²) in [7, 11) is 1.73. The van der Waals surface area contributed by atoms with Crippen molar-refractivity contribution in [3.8, 4) is 0 Å². The molecule has 2 rings (SSSR count). The highest BCUT2D eigenvalue weighted by atomic mass is 79.9. The summed E-state index contributed by atoms with van der Waals surface area (Å²) in [5.74, 6) is -0.179. The largest absolute Gasteiger partial charge is 0.383 e. The molecule has 2 nitrogen and oxygen atoms in total. The average molecular weight is 358 g/mol. The smallest absolute Gasteiger partial charge is 0.124 e. The number of nitrogens with one attached hydrogen (secondary N) is 1. The number of halogens is 2. The predicted molar refractivity (Wildman–Crippen MR) is 88.1 cm³/mol. The van der Waals surface area contributed by atoms with Gasteiger partial charge in [-0.05, 0) is 42.4 Å². The zero-order valence-corrected chi connectivity index (χ0v) is 14.3. The molecule has 0 heterocycles. The van der Waals surface area contributed by atoms with Crippen molar-refractivity contribution in [3.05, 3.63) is 34.1 Å². The zero-order chi connectivity index (χ0) is 15.1. The summed E-state index contributed by atoms with van der Waals surface area (Å²) in [6.07, 6.45) is 7.43. The Bertz CT molecular complexity index is 446. The molecule has 0 amide bonds. The molecule has 4 heteroatoms. The van der Waals surface area contributed by atoms with Crippen LogP contribution in [0.2, 0.25) is 0 Å². The first-order chi connectivity index (χ1) is 10.2. The molecule has 118 valence electrons. The van der Waals surface area contributed by atoms with E-state index in [0.29, 0.717) is 5.41 Å². The fourth-order valence-corrected chi connectivity index (χ4v) is 3.81. The minimum atomic E-state index is -0.179. The van der Waals surface area contributed by atoms with Crippen LogP contribution in [-0.2, 0) is 11.2 Å². The van der Waals surface area contributed by atoms with E-state index in [1.807, 2.05) is 6.07 Å². The van der Waals surface area contributed by atoms with E-state index in [4.69, 9.17) is 4.74 Å². The van der Waals surface area contributed by atoms with Crippen LogP contribution >= 0.6 is 15.9 Å². The van der Waals surface area contributed by atoms with Gasteiger partial charge in [-0.25, -0.2) is 4.39 Å². The molecule has 1 aromatic rings. The van der Waals surface area contributed by atoms with Crippen LogP contribution < -0.4 is 5.32 Å². The Labute approximate surface area is 135 Å². The minimum Gasteiger partial charge on any atom is -0.383 e. The van der Waals surface area contributed by atoms with Crippen LogP contribution in [0, 0.1) is 11.2 Å². The van der Waals surface area contributed by atoms with Gasteiger partial charge in [-0.2, -0.15) is 0 Å². The van der Waals surface area contributed by atoms with Gasteiger partial charge < -0.3 is 10.1 Å². The van der Waals surface area contributed by atoms with Gasteiger partial charge in [-0.1, -0.05) is 41.3 Å². The van der Waals surface area contributed by atoms with Gasteiger partial charge in [0.05, 0.1) is 6.61 Å². The normalized spacial score (nSPS) is 17.9. The van der Waals surface area contributed by atoms with Crippen LogP contribution in [0.1, 0.15) is 37.7 Å². The third-order valence-electron chi connectivity index (χ3n) is 4.48. The molecule has 1 aromatic carbocycles. The van der Waals surface area contributed by atoms with Gasteiger partial charge in [0, 0.05) is 24.7 Å². The highest BCUT2D eigenvalue weighted by molar-refractivity contribution is 9.10. The second-order valence-electron chi connectivity index (χ2n) is 6.14. The van der Waals surface area contributed by atoms with E-state index in [1.54, 1.807) is 19.2 Å². The molecule has 0 saturated heterocycles. The Kier molecular flexibility index (Phi) is 6.65. The van der Waals surface area contributed by atoms with Gasteiger partial charge in [0.15, 0.2) is 0 Å². The van der Waals surface area contributed by atoms with Gasteiger partial charge >= 0.3 is 0 Å². The van der Waals surface area contributed by atoms with Gasteiger partial charge in [-0.3, -0.25) is 0 Å². The van der Waals surface area contributed by atoms with Crippen LogP contribution in [-0.4, -0.2) is 26.8 Å². The minimum absolute atomic E-state index is 0.179. The van der Waals surface area contributed by atoms with Crippen molar-refractivity contribution < 1.29 is 9.13 Å². The number of hydrogen-bond donors (Lipinski definition) is 1. The van der Waals surface area contributed by atoms with Crippen molar-refractivity contribution in [3.63, 3.8) is 0 Å². The molecule has 1 aliphatic rings. The Morgan fingerprint density at radius 2 is 2.05 bits per heavy atom. The second kappa shape index (κ2) is 8.25. The van der Waals surface area contributed by atoms with Crippen molar-refractivity contribution in [2.45, 2.75) is 38.5 Å². The number of methoxy groups -OCH3 is 1. The van der Waals surface area contributed by atoms with Gasteiger partial charge in [0.25, 0.3) is 0 Å². The molecule has 0 spiro atoms. The zero-order valence-electron chi connectivity index (χ0n) is 12.8. The quantitative estimate of drug-likeness (QED) is 0.733. The van der Waals surface area contributed by atoms with E-state index >= 15 is 0 Å². The van der Waals surface area contributed by atoms with Crippen molar-refractivity contribution in [1.82, 2.24) is 5.32 Å². The van der Waals surface area contributed by atoms with Crippen molar-refractivity contribution in [2.75, 3.05) is 26.8 Å². The van der Waals surface area contributed by atoms with E-state index in [2.05, 4.69) is 21.2 Å². The molecule has 0 aromatic heterocycles. The fraction of sp³-hybridized carbons (Fsp3) is 0.647. The SMILES string of the molecule is COCCNCC1(Cc2ccc(F)cc2Br)CCCCC1. The maximum atomic E-state index is 13.3. The third-order valence-corrected chi connectivity index (χ3v) is 5.22. The summed E-state index contributed by atoms with van der Waals surface area (Å²) in [4.78, 5) is 0. The molecule has 0 aliphatic heterocycles.